The molecule has 0 fully saturated rings. The van der Waals surface area contributed by atoms with Gasteiger partial charge in [-0.15, -0.1) is 0 Å². The van der Waals surface area contributed by atoms with Crippen LogP contribution in [0.5, 0.6) is 5.75 Å². The fourth-order valence-electron chi connectivity index (χ4n) is 3.35. The second-order valence-electron chi connectivity index (χ2n) is 7.74. The quantitative estimate of drug-likeness (QED) is 0.177. The van der Waals surface area contributed by atoms with Crippen molar-refractivity contribution in [3.63, 3.8) is 0 Å². The molecule has 1 aromatic heterocycles. The number of anilines is 1. The number of carbonyl (C=O) groups excluding carboxylic acids is 2. The Morgan fingerprint density at radius 3 is 2.35 bits per heavy atom. The summed E-state index contributed by atoms with van der Waals surface area (Å²) in [7, 11) is -4.11. The topological polar surface area (TPSA) is 119 Å². The Morgan fingerprint density at radius 1 is 0.973 bits per heavy atom. The van der Waals surface area contributed by atoms with Crippen LogP contribution < -0.4 is 14.9 Å². The summed E-state index contributed by atoms with van der Waals surface area (Å²) in [5.74, 6) is -0.566. The average Bonchev–Trinajstić information content (AvgIpc) is 3.40. The molecule has 4 aromatic rings. The number of hydrazone groups is 1. The molecule has 4 rings (SSSR count). The maximum atomic E-state index is 12.7. The normalized spacial score (nSPS) is 11.3. The highest BCUT2D eigenvalue weighted by molar-refractivity contribution is 9.10. The van der Waals surface area contributed by atoms with Crippen LogP contribution in [0.4, 0.5) is 5.69 Å². The maximum Gasteiger partial charge on any atom is 0.339 e. The maximum absolute atomic E-state index is 12.7. The molecule has 0 aliphatic rings. The van der Waals surface area contributed by atoms with E-state index in [1.165, 1.54) is 43.5 Å². The molecular formula is C26H21BrN4O5S. The minimum absolute atomic E-state index is 0.0675. The van der Waals surface area contributed by atoms with Crippen LogP contribution >= 0.6 is 15.9 Å². The molecule has 9 nitrogen and oxygen atoms in total. The van der Waals surface area contributed by atoms with E-state index in [1.54, 1.807) is 24.3 Å². The molecule has 0 atom stereocenters. The first kappa shape index (κ1) is 25.9. The lowest BCUT2D eigenvalue weighted by Gasteiger charge is -2.10. The second kappa shape index (κ2) is 11.2. The molecule has 1 heterocycles. The number of nitrogens with one attached hydrogen (secondary N) is 2. The van der Waals surface area contributed by atoms with Crippen LogP contribution in [0.3, 0.4) is 0 Å². The van der Waals surface area contributed by atoms with E-state index in [4.69, 9.17) is 4.18 Å². The molecule has 0 unspecified atom stereocenters. The number of aromatic nitrogens is 1. The van der Waals surface area contributed by atoms with Crippen LogP contribution in [-0.2, 0) is 14.9 Å². The summed E-state index contributed by atoms with van der Waals surface area (Å²) in [6.07, 6.45) is 5.12. The number of hydrogen-bond donors (Lipinski definition) is 2. The zero-order valence-electron chi connectivity index (χ0n) is 19.5. The van der Waals surface area contributed by atoms with E-state index in [0.29, 0.717) is 21.3 Å². The van der Waals surface area contributed by atoms with E-state index in [1.807, 2.05) is 41.2 Å². The molecule has 0 bridgehead atoms. The van der Waals surface area contributed by atoms with Gasteiger partial charge in [-0.3, -0.25) is 9.59 Å². The second-order valence-corrected chi connectivity index (χ2v) is 10.1. The fraction of sp³-hybridized carbons (Fsp3) is 0.0385. The third-order valence-corrected chi connectivity index (χ3v) is 6.90. The van der Waals surface area contributed by atoms with Gasteiger partial charge in [0.05, 0.1) is 21.9 Å². The summed E-state index contributed by atoms with van der Waals surface area (Å²) < 4.78 is 32.8. The largest absolute Gasteiger partial charge is 0.378 e. The summed E-state index contributed by atoms with van der Waals surface area (Å²) in [6, 6.07) is 21.2. The number of halogens is 1. The van der Waals surface area contributed by atoms with E-state index >= 15 is 0 Å². The van der Waals surface area contributed by atoms with Crippen molar-refractivity contribution < 1.29 is 22.2 Å². The van der Waals surface area contributed by atoms with Crippen molar-refractivity contribution in [1.29, 1.82) is 0 Å². The van der Waals surface area contributed by atoms with Gasteiger partial charge in [0.25, 0.3) is 5.91 Å². The lowest BCUT2D eigenvalue weighted by molar-refractivity contribution is -0.114. The van der Waals surface area contributed by atoms with Gasteiger partial charge in [0.1, 0.15) is 4.90 Å². The summed E-state index contributed by atoms with van der Waals surface area (Å²) in [5.41, 5.74) is 4.74. The summed E-state index contributed by atoms with van der Waals surface area (Å²) in [6.45, 7) is 1.36. The van der Waals surface area contributed by atoms with Crippen molar-refractivity contribution in [3.05, 3.63) is 107 Å². The Labute approximate surface area is 222 Å². The monoisotopic (exact) mass is 580 g/mol. The van der Waals surface area contributed by atoms with Crippen LogP contribution in [0, 0.1) is 0 Å². The molecule has 188 valence electrons. The zero-order chi connectivity index (χ0) is 26.4. The van der Waals surface area contributed by atoms with Gasteiger partial charge >= 0.3 is 10.1 Å². The molecule has 0 radical (unpaired) electrons. The summed E-state index contributed by atoms with van der Waals surface area (Å²) in [4.78, 5) is 23.7. The molecule has 2 amide bonds. The molecule has 0 aliphatic heterocycles. The predicted octanol–water partition coefficient (Wildman–Crippen LogP) is 4.73. The molecule has 0 aliphatic carbocycles. The van der Waals surface area contributed by atoms with E-state index in [9.17, 15) is 18.0 Å². The standard InChI is InChI=1S/C26H21BrN4O5S/c1-18(32)29-20-9-11-21(12-10-20)37(34,35)36-25-13-8-19(16-23(25)27)17-28-30-26(33)22-6-2-3-7-24(22)31-14-4-5-15-31/h2-17H,1H3,(H,29,32)(H,30,33)/b28-17-. The average molecular weight is 581 g/mol. The molecule has 0 saturated heterocycles. The van der Waals surface area contributed by atoms with Crippen LogP contribution in [0.1, 0.15) is 22.8 Å². The Kier molecular flexibility index (Phi) is 7.85. The Bertz CT molecular complexity index is 1570. The van der Waals surface area contributed by atoms with E-state index in [0.717, 1.165) is 5.69 Å². The van der Waals surface area contributed by atoms with E-state index in [2.05, 4.69) is 31.8 Å². The first-order chi connectivity index (χ1) is 17.7. The smallest absolute Gasteiger partial charge is 0.339 e. The molecule has 11 heteroatoms. The van der Waals surface area contributed by atoms with Crippen molar-refractivity contribution in [1.82, 2.24) is 9.99 Å². The minimum Gasteiger partial charge on any atom is -0.378 e. The fourth-order valence-corrected chi connectivity index (χ4v) is 4.88. The first-order valence-electron chi connectivity index (χ1n) is 10.9. The van der Waals surface area contributed by atoms with Crippen molar-refractivity contribution in [2.24, 2.45) is 5.10 Å². The molecule has 2 N–H and O–H groups in total. The number of hydrogen-bond acceptors (Lipinski definition) is 6. The zero-order valence-corrected chi connectivity index (χ0v) is 21.9. The van der Waals surface area contributed by atoms with Crippen molar-refractivity contribution >= 4 is 49.8 Å². The van der Waals surface area contributed by atoms with Crippen LogP contribution in [-0.4, -0.2) is 31.0 Å². The lowest BCUT2D eigenvalue weighted by atomic mass is 10.1. The van der Waals surface area contributed by atoms with Crippen LogP contribution in [0.25, 0.3) is 5.69 Å². The van der Waals surface area contributed by atoms with E-state index in [-0.39, 0.29) is 22.5 Å². The number of amides is 2. The SMILES string of the molecule is CC(=O)Nc1ccc(S(=O)(=O)Oc2ccc(/C=N\NC(=O)c3ccccc3-n3cccc3)cc2Br)cc1. The van der Waals surface area contributed by atoms with Crippen molar-refractivity contribution in [2.45, 2.75) is 11.8 Å². The van der Waals surface area contributed by atoms with Crippen LogP contribution in [0.15, 0.2) is 106 Å². The number of para-hydroxylation sites is 1. The van der Waals surface area contributed by atoms with Gasteiger partial charge in [0.15, 0.2) is 5.75 Å². The number of nitrogens with zero attached hydrogens (tertiary/aromatic N) is 2. The van der Waals surface area contributed by atoms with Gasteiger partial charge in [-0.25, -0.2) is 5.43 Å². The number of benzene rings is 3. The molecule has 37 heavy (non-hydrogen) atoms. The highest BCUT2D eigenvalue weighted by Gasteiger charge is 2.18. The molecular weight excluding hydrogens is 560 g/mol. The predicted molar refractivity (Wildman–Crippen MR) is 144 cm³/mol. The highest BCUT2D eigenvalue weighted by Crippen LogP contribution is 2.29. The number of rotatable bonds is 8. The third kappa shape index (κ3) is 6.51. The molecule has 0 saturated carbocycles. The van der Waals surface area contributed by atoms with Gasteiger partial charge in [-0.05, 0) is 88.2 Å². The Hall–Kier alpha value is -4.22. The van der Waals surface area contributed by atoms with Gasteiger partial charge in [-0.1, -0.05) is 12.1 Å². The first-order valence-corrected chi connectivity index (χ1v) is 13.1. The van der Waals surface area contributed by atoms with E-state index < -0.39 is 10.1 Å². The highest BCUT2D eigenvalue weighted by atomic mass is 79.9. The number of carbonyl (C=O) groups is 2. The van der Waals surface area contributed by atoms with Gasteiger partial charge in [-0.2, -0.15) is 13.5 Å². The van der Waals surface area contributed by atoms with Crippen molar-refractivity contribution in [3.8, 4) is 11.4 Å². The van der Waals surface area contributed by atoms with Gasteiger partial charge in [0.2, 0.25) is 5.91 Å². The van der Waals surface area contributed by atoms with Gasteiger partial charge in [0, 0.05) is 25.0 Å². The lowest BCUT2D eigenvalue weighted by Crippen LogP contribution is -2.19. The molecule has 3 aromatic carbocycles. The third-order valence-electron chi connectivity index (χ3n) is 5.03. The van der Waals surface area contributed by atoms with Crippen LogP contribution in [0.2, 0.25) is 0 Å². The molecule has 0 spiro atoms. The van der Waals surface area contributed by atoms with Gasteiger partial charge < -0.3 is 14.1 Å². The summed E-state index contributed by atoms with van der Waals surface area (Å²) >= 11 is 3.31. The van der Waals surface area contributed by atoms with Crippen molar-refractivity contribution in [2.75, 3.05) is 5.32 Å². The summed E-state index contributed by atoms with van der Waals surface area (Å²) in [5, 5.41) is 6.59. The Morgan fingerprint density at radius 2 is 1.68 bits per heavy atom. The minimum atomic E-state index is -4.11. The Balaban J connectivity index is 1.42.